The number of likely N-dealkylation sites (N-methyl/N-ethyl adjacent to an activating group) is 1. The predicted molar refractivity (Wildman–Crippen MR) is 87.0 cm³/mol. The van der Waals surface area contributed by atoms with Gasteiger partial charge in [0.15, 0.2) is 0 Å². The number of aromatic nitrogens is 4. The molecule has 1 atom stereocenters. The number of hydrogen-bond donors (Lipinski definition) is 0. The Morgan fingerprint density at radius 3 is 2.92 bits per heavy atom. The predicted octanol–water partition coefficient (Wildman–Crippen LogP) is 2.17. The molecule has 1 aliphatic rings. The van der Waals surface area contributed by atoms with Crippen molar-refractivity contribution in [3.05, 3.63) is 35.4 Å². The maximum Gasteiger partial charge on any atom is 0.282 e. The molecule has 0 bridgehead atoms. The summed E-state index contributed by atoms with van der Waals surface area (Å²) in [4.78, 5) is 13.0. The molecule has 0 amide bonds. The van der Waals surface area contributed by atoms with Gasteiger partial charge in [-0.15, -0.1) is 0 Å². The number of nitrogens with zero attached hydrogens (tertiary/aromatic N) is 6. The standard InChI is InChI=1S/C16H22F2N6/c1-11-4-6-19-16(20-11)23(3)13-5-7-24(10-13)9-12-8-22(2)21-14(12)15(17)18/h4,6,8,13,15H,5,7,9-10H2,1-3H3. The van der Waals surface area contributed by atoms with Crippen LogP contribution in [0.25, 0.3) is 0 Å². The quantitative estimate of drug-likeness (QED) is 0.837. The highest BCUT2D eigenvalue weighted by Gasteiger charge is 2.28. The number of halogens is 2. The molecule has 0 radical (unpaired) electrons. The zero-order valence-corrected chi connectivity index (χ0v) is 14.2. The second-order valence-electron chi connectivity index (χ2n) is 6.30. The average molecular weight is 336 g/mol. The molecule has 0 saturated carbocycles. The van der Waals surface area contributed by atoms with Crippen LogP contribution in [0.5, 0.6) is 0 Å². The van der Waals surface area contributed by atoms with E-state index in [2.05, 4.69) is 24.9 Å². The molecule has 2 aromatic heterocycles. The topological polar surface area (TPSA) is 50.1 Å². The fourth-order valence-electron chi connectivity index (χ4n) is 3.14. The summed E-state index contributed by atoms with van der Waals surface area (Å²) in [6, 6.07) is 2.14. The molecular formula is C16H22F2N6. The zero-order chi connectivity index (χ0) is 17.3. The Balaban J connectivity index is 1.65. The van der Waals surface area contributed by atoms with Crippen molar-refractivity contribution < 1.29 is 8.78 Å². The van der Waals surface area contributed by atoms with Crippen LogP contribution in [0.3, 0.4) is 0 Å². The van der Waals surface area contributed by atoms with E-state index in [0.29, 0.717) is 18.1 Å². The fraction of sp³-hybridized carbons (Fsp3) is 0.562. The lowest BCUT2D eigenvalue weighted by molar-refractivity contribution is 0.142. The van der Waals surface area contributed by atoms with E-state index >= 15 is 0 Å². The molecule has 0 spiro atoms. The molecule has 0 aromatic carbocycles. The van der Waals surface area contributed by atoms with Crippen LogP contribution in [0, 0.1) is 6.92 Å². The van der Waals surface area contributed by atoms with Gasteiger partial charge in [0, 0.05) is 63.4 Å². The van der Waals surface area contributed by atoms with Crippen molar-refractivity contribution in [3.63, 3.8) is 0 Å². The van der Waals surface area contributed by atoms with Crippen molar-refractivity contribution in [1.82, 2.24) is 24.6 Å². The van der Waals surface area contributed by atoms with Gasteiger partial charge < -0.3 is 4.90 Å². The molecule has 3 heterocycles. The van der Waals surface area contributed by atoms with Crippen LogP contribution < -0.4 is 4.90 Å². The van der Waals surface area contributed by atoms with Crippen molar-refractivity contribution in [2.45, 2.75) is 32.4 Å². The minimum Gasteiger partial charge on any atom is -0.340 e. The highest BCUT2D eigenvalue weighted by atomic mass is 19.3. The molecule has 1 aliphatic heterocycles. The van der Waals surface area contributed by atoms with Crippen LogP contribution in [0.15, 0.2) is 18.5 Å². The summed E-state index contributed by atoms with van der Waals surface area (Å²) >= 11 is 0. The van der Waals surface area contributed by atoms with Crippen LogP contribution in [-0.2, 0) is 13.6 Å². The van der Waals surface area contributed by atoms with E-state index in [-0.39, 0.29) is 11.7 Å². The van der Waals surface area contributed by atoms with Gasteiger partial charge in [-0.3, -0.25) is 9.58 Å². The monoisotopic (exact) mass is 336 g/mol. The highest BCUT2D eigenvalue weighted by molar-refractivity contribution is 5.31. The number of rotatable bonds is 5. The van der Waals surface area contributed by atoms with Crippen LogP contribution in [0.1, 0.15) is 29.8 Å². The van der Waals surface area contributed by atoms with Gasteiger partial charge in [0.05, 0.1) is 0 Å². The zero-order valence-electron chi connectivity index (χ0n) is 14.2. The molecule has 1 saturated heterocycles. The average Bonchev–Trinajstić information content (AvgIpc) is 3.13. The third kappa shape index (κ3) is 3.53. The minimum atomic E-state index is -2.54. The van der Waals surface area contributed by atoms with Gasteiger partial charge in [-0.05, 0) is 19.4 Å². The van der Waals surface area contributed by atoms with Crippen molar-refractivity contribution in [1.29, 1.82) is 0 Å². The summed E-state index contributed by atoms with van der Waals surface area (Å²) in [6.45, 7) is 4.09. The van der Waals surface area contributed by atoms with Gasteiger partial charge in [0.25, 0.3) is 6.43 Å². The summed E-state index contributed by atoms with van der Waals surface area (Å²) in [5.41, 5.74) is 1.41. The molecule has 130 valence electrons. The van der Waals surface area contributed by atoms with Gasteiger partial charge in [0.1, 0.15) is 5.69 Å². The van der Waals surface area contributed by atoms with E-state index in [9.17, 15) is 8.78 Å². The Bertz CT molecular complexity index is 702. The van der Waals surface area contributed by atoms with Gasteiger partial charge >= 0.3 is 0 Å². The van der Waals surface area contributed by atoms with Crippen LogP contribution in [0.4, 0.5) is 14.7 Å². The molecule has 8 heteroatoms. The summed E-state index contributed by atoms with van der Waals surface area (Å²) in [7, 11) is 3.66. The summed E-state index contributed by atoms with van der Waals surface area (Å²) in [5, 5.41) is 3.87. The highest BCUT2D eigenvalue weighted by Crippen LogP contribution is 2.25. The smallest absolute Gasteiger partial charge is 0.282 e. The van der Waals surface area contributed by atoms with Crippen molar-refractivity contribution in [3.8, 4) is 0 Å². The molecule has 6 nitrogen and oxygen atoms in total. The molecule has 0 N–H and O–H groups in total. The molecular weight excluding hydrogens is 314 g/mol. The van der Waals surface area contributed by atoms with Crippen LogP contribution in [-0.4, -0.2) is 50.8 Å². The van der Waals surface area contributed by atoms with Crippen LogP contribution >= 0.6 is 0 Å². The van der Waals surface area contributed by atoms with Crippen molar-refractivity contribution >= 4 is 5.95 Å². The number of likely N-dealkylation sites (tertiary alicyclic amines) is 1. The first kappa shape index (κ1) is 16.8. The van der Waals surface area contributed by atoms with E-state index in [1.807, 2.05) is 20.0 Å². The Labute approximate surface area is 140 Å². The minimum absolute atomic E-state index is 0.115. The van der Waals surface area contributed by atoms with Gasteiger partial charge in [-0.25, -0.2) is 18.7 Å². The normalized spacial score (nSPS) is 18.5. The molecule has 24 heavy (non-hydrogen) atoms. The number of hydrogen-bond acceptors (Lipinski definition) is 5. The SMILES string of the molecule is Cc1ccnc(N(C)C2CCN(Cc3cn(C)nc3C(F)F)C2)n1. The largest absolute Gasteiger partial charge is 0.340 e. The summed E-state index contributed by atoms with van der Waals surface area (Å²) < 4.78 is 27.6. The molecule has 1 unspecified atom stereocenters. The third-order valence-corrected chi connectivity index (χ3v) is 4.43. The number of alkyl halides is 2. The van der Waals surface area contributed by atoms with E-state index in [4.69, 9.17) is 0 Å². The second kappa shape index (κ2) is 6.80. The lowest BCUT2D eigenvalue weighted by Gasteiger charge is -2.25. The molecule has 1 fully saturated rings. The molecule has 3 rings (SSSR count). The van der Waals surface area contributed by atoms with Crippen LogP contribution in [0.2, 0.25) is 0 Å². The fourth-order valence-corrected chi connectivity index (χ4v) is 3.14. The third-order valence-electron chi connectivity index (χ3n) is 4.43. The number of aryl methyl sites for hydroxylation is 2. The van der Waals surface area contributed by atoms with Gasteiger partial charge in [-0.2, -0.15) is 5.10 Å². The lowest BCUT2D eigenvalue weighted by atomic mass is 10.2. The Kier molecular flexibility index (Phi) is 4.75. The van der Waals surface area contributed by atoms with E-state index in [1.165, 1.54) is 4.68 Å². The van der Waals surface area contributed by atoms with Crippen molar-refractivity contribution in [2.24, 2.45) is 7.05 Å². The van der Waals surface area contributed by atoms with E-state index in [1.54, 1.807) is 19.4 Å². The first-order chi connectivity index (χ1) is 11.4. The second-order valence-corrected chi connectivity index (χ2v) is 6.30. The molecule has 2 aromatic rings. The van der Waals surface area contributed by atoms with Gasteiger partial charge in [-0.1, -0.05) is 0 Å². The summed E-state index contributed by atoms with van der Waals surface area (Å²) in [6.07, 6.45) is 1.86. The molecule has 0 aliphatic carbocycles. The Hall–Kier alpha value is -2.09. The number of anilines is 1. The maximum atomic E-state index is 13.1. The Morgan fingerprint density at radius 2 is 2.21 bits per heavy atom. The van der Waals surface area contributed by atoms with Gasteiger partial charge in [0.2, 0.25) is 5.95 Å². The first-order valence-corrected chi connectivity index (χ1v) is 7.99. The lowest BCUT2D eigenvalue weighted by Crippen LogP contribution is -2.35. The van der Waals surface area contributed by atoms with Crippen molar-refractivity contribution in [2.75, 3.05) is 25.0 Å². The summed E-state index contributed by atoms with van der Waals surface area (Å²) in [5.74, 6) is 0.705. The maximum absolute atomic E-state index is 13.1. The van der Waals surface area contributed by atoms with E-state index < -0.39 is 6.43 Å². The first-order valence-electron chi connectivity index (χ1n) is 7.99. The van der Waals surface area contributed by atoms with E-state index in [0.717, 1.165) is 25.2 Å². The Morgan fingerprint density at radius 1 is 1.42 bits per heavy atom.